The quantitative estimate of drug-likeness (QED) is 0.439. The molecule has 0 aliphatic carbocycles. The Bertz CT molecular complexity index is 533. The van der Waals surface area contributed by atoms with Crippen molar-refractivity contribution in [2.75, 3.05) is 21.0 Å². The molecule has 1 aliphatic rings. The molecule has 1 aromatic carbocycles. The predicted molar refractivity (Wildman–Crippen MR) is 77.6 cm³/mol. The third-order valence-corrected chi connectivity index (χ3v) is 8.84. The Balaban J connectivity index is 2.67. The van der Waals surface area contributed by atoms with Crippen LogP contribution < -0.4 is 13.1 Å². The maximum atomic E-state index is 11.8. The Morgan fingerprint density at radius 1 is 1.30 bits per heavy atom. The van der Waals surface area contributed by atoms with Gasteiger partial charge in [-0.2, -0.15) is 0 Å². The Hall–Kier alpha value is -0.951. The molecule has 0 fully saturated rings. The van der Waals surface area contributed by atoms with Gasteiger partial charge in [0.1, 0.15) is 0 Å². The van der Waals surface area contributed by atoms with Crippen molar-refractivity contribution in [3.05, 3.63) is 17.2 Å². The molecule has 0 N–H and O–H groups in total. The molecular formula is C14H20O5Sn. The summed E-state index contributed by atoms with van der Waals surface area (Å²) in [5, 5.41) is 0. The first-order valence-corrected chi connectivity index (χ1v) is 16.4. The molecule has 0 atom stereocenters. The number of hydrogen-bond acceptors (Lipinski definition) is 5. The molecule has 0 amide bonds. The maximum absolute atomic E-state index is 11.8. The van der Waals surface area contributed by atoms with E-state index in [1.807, 2.05) is 0 Å². The summed E-state index contributed by atoms with van der Waals surface area (Å²) in [6.45, 7) is 0.398. The standard InChI is InChI=1S/C11H11O5.3CH3.Sn/c1-13-6-16-10-4-7(14-2)3-8-9(10)5-15-11(8)12;;;;/h3H,5-6H2,1-2H3;3*1H3;. The minimum atomic E-state index is -2.51. The van der Waals surface area contributed by atoms with Gasteiger partial charge in [0, 0.05) is 0 Å². The predicted octanol–water partition coefficient (Wildman–Crippen LogP) is 1.89. The first-order chi connectivity index (χ1) is 9.40. The summed E-state index contributed by atoms with van der Waals surface area (Å²) >= 11 is -2.51. The number of benzene rings is 1. The second kappa shape index (κ2) is 5.81. The summed E-state index contributed by atoms with van der Waals surface area (Å²) in [4.78, 5) is 18.6. The normalized spacial score (nSPS) is 13.9. The van der Waals surface area contributed by atoms with Gasteiger partial charge in [0.05, 0.1) is 0 Å². The topological polar surface area (TPSA) is 54.0 Å². The molecule has 20 heavy (non-hydrogen) atoms. The molecule has 1 aliphatic heterocycles. The van der Waals surface area contributed by atoms with Crippen LogP contribution >= 0.6 is 0 Å². The van der Waals surface area contributed by atoms with Gasteiger partial charge in [-0.05, 0) is 0 Å². The van der Waals surface area contributed by atoms with Gasteiger partial charge in [-0.25, -0.2) is 0 Å². The summed E-state index contributed by atoms with van der Waals surface area (Å²) in [6.07, 6.45) is 0. The van der Waals surface area contributed by atoms with Crippen LogP contribution in [0.15, 0.2) is 6.07 Å². The number of cyclic esters (lactones) is 1. The second-order valence-electron chi connectivity index (χ2n) is 5.69. The van der Waals surface area contributed by atoms with Crippen molar-refractivity contribution < 1.29 is 23.7 Å². The van der Waals surface area contributed by atoms with Crippen LogP contribution in [0.2, 0.25) is 14.8 Å². The van der Waals surface area contributed by atoms with Crippen molar-refractivity contribution in [1.82, 2.24) is 0 Å². The molecule has 1 aromatic rings. The molecule has 1 heterocycles. The Labute approximate surface area is 123 Å². The number of carbonyl (C=O) groups is 1. The van der Waals surface area contributed by atoms with E-state index in [-0.39, 0.29) is 19.4 Å². The van der Waals surface area contributed by atoms with E-state index in [4.69, 9.17) is 18.9 Å². The zero-order chi connectivity index (χ0) is 14.9. The number of carbonyl (C=O) groups excluding carboxylic acids is 1. The van der Waals surface area contributed by atoms with E-state index in [1.54, 1.807) is 20.3 Å². The molecule has 0 saturated heterocycles. The van der Waals surface area contributed by atoms with Crippen molar-refractivity contribution in [3.63, 3.8) is 0 Å². The monoisotopic (exact) mass is 388 g/mol. The Morgan fingerprint density at radius 3 is 2.55 bits per heavy atom. The third kappa shape index (κ3) is 2.74. The average molecular weight is 387 g/mol. The van der Waals surface area contributed by atoms with Crippen LogP contribution in [0.5, 0.6) is 11.5 Å². The van der Waals surface area contributed by atoms with E-state index in [1.165, 1.54) is 0 Å². The zero-order valence-electron chi connectivity index (χ0n) is 12.5. The fourth-order valence-corrected chi connectivity index (χ4v) is 7.55. The van der Waals surface area contributed by atoms with Gasteiger partial charge in [0.2, 0.25) is 0 Å². The SMILES string of the molecule is COCOc1c2c(cc(OC)[c]1[Sn]([CH3])([CH3])[CH3])C(=O)OC2. The molecule has 0 bridgehead atoms. The van der Waals surface area contributed by atoms with E-state index >= 15 is 0 Å². The van der Waals surface area contributed by atoms with Crippen LogP contribution in [0.25, 0.3) is 0 Å². The van der Waals surface area contributed by atoms with Crippen LogP contribution in [-0.2, 0) is 16.1 Å². The van der Waals surface area contributed by atoms with Crippen LogP contribution in [0.3, 0.4) is 0 Å². The van der Waals surface area contributed by atoms with Gasteiger partial charge < -0.3 is 0 Å². The van der Waals surface area contributed by atoms with Crippen molar-refractivity contribution in [2.24, 2.45) is 0 Å². The van der Waals surface area contributed by atoms with Gasteiger partial charge in [0.15, 0.2) is 0 Å². The molecule has 6 heteroatoms. The van der Waals surface area contributed by atoms with Gasteiger partial charge in [0.25, 0.3) is 0 Å². The van der Waals surface area contributed by atoms with Gasteiger partial charge in [-0.1, -0.05) is 0 Å². The number of hydrogen-bond donors (Lipinski definition) is 0. The minimum absolute atomic E-state index is 0.142. The molecule has 0 aromatic heterocycles. The molecule has 2 rings (SSSR count). The van der Waals surface area contributed by atoms with Crippen molar-refractivity contribution in [2.45, 2.75) is 21.4 Å². The van der Waals surface area contributed by atoms with Crippen molar-refractivity contribution >= 4 is 27.9 Å². The molecule has 0 saturated carbocycles. The van der Waals surface area contributed by atoms with Gasteiger partial charge in [-0.15, -0.1) is 0 Å². The molecular weight excluding hydrogens is 367 g/mol. The number of methoxy groups -OCH3 is 2. The van der Waals surface area contributed by atoms with E-state index in [9.17, 15) is 4.79 Å². The first-order valence-electron chi connectivity index (χ1n) is 6.43. The van der Waals surface area contributed by atoms with Crippen LogP contribution in [0.4, 0.5) is 0 Å². The summed E-state index contributed by atoms with van der Waals surface area (Å²) in [5.74, 6) is 1.11. The van der Waals surface area contributed by atoms with Crippen LogP contribution in [0, 0.1) is 0 Å². The second-order valence-corrected chi connectivity index (χ2v) is 20.0. The summed E-state index contributed by atoms with van der Waals surface area (Å²) in [6, 6.07) is 1.78. The van der Waals surface area contributed by atoms with Gasteiger partial charge in [-0.3, -0.25) is 0 Å². The molecule has 110 valence electrons. The summed E-state index contributed by atoms with van der Waals surface area (Å²) in [7, 11) is 3.19. The fraction of sp³-hybridized carbons (Fsp3) is 0.500. The molecule has 5 nitrogen and oxygen atoms in total. The van der Waals surface area contributed by atoms with E-state index in [2.05, 4.69) is 14.8 Å². The van der Waals surface area contributed by atoms with Gasteiger partial charge >= 0.3 is 123 Å². The molecule has 0 spiro atoms. The summed E-state index contributed by atoms with van der Waals surface area (Å²) < 4.78 is 22.5. The number of fused-ring (bicyclic) bond motifs is 1. The number of ether oxygens (including phenoxy) is 4. The fourth-order valence-electron chi connectivity index (χ4n) is 2.36. The van der Waals surface area contributed by atoms with E-state index in [0.29, 0.717) is 5.56 Å². The van der Waals surface area contributed by atoms with Crippen molar-refractivity contribution in [1.29, 1.82) is 0 Å². The van der Waals surface area contributed by atoms with Crippen LogP contribution in [-0.4, -0.2) is 45.4 Å². The van der Waals surface area contributed by atoms with Crippen molar-refractivity contribution in [3.8, 4) is 11.5 Å². The third-order valence-electron chi connectivity index (χ3n) is 3.21. The number of rotatable bonds is 5. The molecule has 0 unspecified atom stereocenters. The van der Waals surface area contributed by atoms with E-state index < -0.39 is 18.4 Å². The Kier molecular flexibility index (Phi) is 4.48. The first kappa shape index (κ1) is 15.4. The zero-order valence-corrected chi connectivity index (χ0v) is 15.4. The van der Waals surface area contributed by atoms with Crippen LogP contribution in [0.1, 0.15) is 15.9 Å². The summed E-state index contributed by atoms with van der Waals surface area (Å²) in [5.41, 5.74) is 1.35. The Morgan fingerprint density at radius 2 is 2.00 bits per heavy atom. The van der Waals surface area contributed by atoms with E-state index in [0.717, 1.165) is 20.6 Å². The number of esters is 1. The molecule has 0 radical (unpaired) electrons. The average Bonchev–Trinajstić information content (AvgIpc) is 2.75.